The highest BCUT2D eigenvalue weighted by atomic mass is 32.2. The summed E-state index contributed by atoms with van der Waals surface area (Å²) in [7, 11) is -2.34. The fraction of sp³-hybridized carbons (Fsp3) is 0.800. The molecule has 0 saturated carbocycles. The molecule has 0 amide bonds. The maximum atomic E-state index is 11.5. The first-order chi connectivity index (χ1) is 8.26. The fourth-order valence-electron chi connectivity index (χ4n) is 1.30. The summed E-state index contributed by atoms with van der Waals surface area (Å²) >= 11 is 0. The van der Waals surface area contributed by atoms with Crippen LogP contribution in [0.3, 0.4) is 0 Å². The minimum atomic E-state index is -3.53. The number of hydrogen-bond acceptors (Lipinski definition) is 5. The number of carbonyl (C=O) groups is 2. The van der Waals surface area contributed by atoms with Gasteiger partial charge in [0.25, 0.3) is 0 Å². The molecule has 0 saturated heterocycles. The van der Waals surface area contributed by atoms with Crippen LogP contribution in [-0.4, -0.2) is 44.4 Å². The molecule has 0 bridgehead atoms. The first-order valence-electron chi connectivity index (χ1n) is 5.55. The average molecular weight is 281 g/mol. The highest BCUT2D eigenvalue weighted by Gasteiger charge is 2.16. The lowest BCUT2D eigenvalue weighted by Gasteiger charge is -2.13. The van der Waals surface area contributed by atoms with E-state index in [1.165, 1.54) is 7.11 Å². The number of nitrogens with one attached hydrogen (secondary N) is 1. The normalized spacial score (nSPS) is 13.0. The standard InChI is InChI=1S/C10H19NO6S/c1-8(4-3-5-9(12)13)11-18(15,16)7-6-10(14)17-2/h8,11H,3-7H2,1-2H3,(H,12,13). The minimum Gasteiger partial charge on any atom is -0.481 e. The summed E-state index contributed by atoms with van der Waals surface area (Å²) in [5.74, 6) is -1.82. The molecule has 1 unspecified atom stereocenters. The van der Waals surface area contributed by atoms with Gasteiger partial charge in [0.1, 0.15) is 0 Å². The highest BCUT2D eigenvalue weighted by Crippen LogP contribution is 2.03. The smallest absolute Gasteiger partial charge is 0.306 e. The summed E-state index contributed by atoms with van der Waals surface area (Å²) < 4.78 is 29.8. The number of ether oxygens (including phenoxy) is 1. The van der Waals surface area contributed by atoms with E-state index < -0.39 is 22.0 Å². The predicted octanol–water partition coefficient (Wildman–Crippen LogP) is 0.112. The number of hydrogen-bond donors (Lipinski definition) is 2. The van der Waals surface area contributed by atoms with Gasteiger partial charge in [-0.25, -0.2) is 13.1 Å². The van der Waals surface area contributed by atoms with E-state index in [1.807, 2.05) is 0 Å². The van der Waals surface area contributed by atoms with Crippen LogP contribution in [0.5, 0.6) is 0 Å². The van der Waals surface area contributed by atoms with Crippen molar-refractivity contribution < 1.29 is 27.9 Å². The molecule has 0 aliphatic carbocycles. The molecule has 2 N–H and O–H groups in total. The fourth-order valence-corrected chi connectivity index (χ4v) is 2.59. The molecule has 0 aromatic carbocycles. The summed E-state index contributed by atoms with van der Waals surface area (Å²) in [5, 5.41) is 8.44. The maximum absolute atomic E-state index is 11.5. The number of esters is 1. The van der Waals surface area contributed by atoms with Gasteiger partial charge in [0.2, 0.25) is 10.0 Å². The first-order valence-corrected chi connectivity index (χ1v) is 7.20. The number of sulfonamides is 1. The lowest BCUT2D eigenvalue weighted by atomic mass is 10.1. The van der Waals surface area contributed by atoms with Gasteiger partial charge in [-0.15, -0.1) is 0 Å². The lowest BCUT2D eigenvalue weighted by Crippen LogP contribution is -2.35. The van der Waals surface area contributed by atoms with Crippen LogP contribution in [0.4, 0.5) is 0 Å². The monoisotopic (exact) mass is 281 g/mol. The van der Waals surface area contributed by atoms with Gasteiger partial charge in [0.15, 0.2) is 0 Å². The van der Waals surface area contributed by atoms with Crippen LogP contribution < -0.4 is 4.72 Å². The van der Waals surface area contributed by atoms with Crippen LogP contribution in [-0.2, 0) is 24.3 Å². The van der Waals surface area contributed by atoms with E-state index in [2.05, 4.69) is 9.46 Å². The van der Waals surface area contributed by atoms with E-state index in [-0.39, 0.29) is 24.6 Å². The lowest BCUT2D eigenvalue weighted by molar-refractivity contribution is -0.140. The molecule has 18 heavy (non-hydrogen) atoms. The second-order valence-corrected chi connectivity index (χ2v) is 5.82. The Bertz CT molecular complexity index is 378. The molecule has 0 aromatic rings. The molecule has 0 aliphatic rings. The van der Waals surface area contributed by atoms with E-state index in [0.29, 0.717) is 12.8 Å². The second-order valence-electron chi connectivity index (χ2n) is 3.95. The summed E-state index contributed by atoms with van der Waals surface area (Å²) in [6.07, 6.45) is 0.641. The Hall–Kier alpha value is -1.15. The van der Waals surface area contributed by atoms with Gasteiger partial charge < -0.3 is 9.84 Å². The summed E-state index contributed by atoms with van der Waals surface area (Å²) in [6, 6.07) is -0.355. The van der Waals surface area contributed by atoms with Crippen LogP contribution in [0.15, 0.2) is 0 Å². The molecular formula is C10H19NO6S. The SMILES string of the molecule is COC(=O)CCS(=O)(=O)NC(C)CCCC(=O)O. The van der Waals surface area contributed by atoms with E-state index in [0.717, 1.165) is 0 Å². The van der Waals surface area contributed by atoms with Gasteiger partial charge in [0.05, 0.1) is 19.3 Å². The molecule has 0 rings (SSSR count). The molecular weight excluding hydrogens is 262 g/mol. The van der Waals surface area contributed by atoms with Gasteiger partial charge >= 0.3 is 11.9 Å². The third-order valence-electron chi connectivity index (χ3n) is 2.21. The van der Waals surface area contributed by atoms with E-state index in [4.69, 9.17) is 5.11 Å². The summed E-state index contributed by atoms with van der Waals surface area (Å²) in [5.41, 5.74) is 0. The molecule has 0 spiro atoms. The number of carboxylic acid groups (broad SMARTS) is 1. The van der Waals surface area contributed by atoms with Crippen molar-refractivity contribution in [1.82, 2.24) is 4.72 Å². The second kappa shape index (κ2) is 8.04. The zero-order valence-corrected chi connectivity index (χ0v) is 11.3. The number of methoxy groups -OCH3 is 1. The number of carboxylic acids is 1. The topological polar surface area (TPSA) is 110 Å². The number of carbonyl (C=O) groups excluding carboxylic acids is 1. The third-order valence-corrected chi connectivity index (χ3v) is 3.71. The van der Waals surface area contributed by atoms with Crippen molar-refractivity contribution in [2.75, 3.05) is 12.9 Å². The van der Waals surface area contributed by atoms with E-state index in [9.17, 15) is 18.0 Å². The Balaban J connectivity index is 4.00. The zero-order valence-electron chi connectivity index (χ0n) is 10.5. The minimum absolute atomic E-state index is 0.00816. The molecule has 8 heteroatoms. The van der Waals surface area contributed by atoms with Crippen molar-refractivity contribution >= 4 is 22.0 Å². The largest absolute Gasteiger partial charge is 0.481 e. The maximum Gasteiger partial charge on any atom is 0.306 e. The van der Waals surface area contributed by atoms with Crippen molar-refractivity contribution in [3.05, 3.63) is 0 Å². The highest BCUT2D eigenvalue weighted by molar-refractivity contribution is 7.89. The van der Waals surface area contributed by atoms with Gasteiger partial charge in [-0.05, 0) is 19.8 Å². The molecule has 1 atom stereocenters. The van der Waals surface area contributed by atoms with Gasteiger partial charge in [0, 0.05) is 12.5 Å². The van der Waals surface area contributed by atoms with Crippen molar-refractivity contribution in [3.63, 3.8) is 0 Å². The van der Waals surface area contributed by atoms with Crippen molar-refractivity contribution in [3.8, 4) is 0 Å². The Morgan fingerprint density at radius 1 is 1.33 bits per heavy atom. The van der Waals surface area contributed by atoms with Gasteiger partial charge in [-0.3, -0.25) is 9.59 Å². The predicted molar refractivity (Wildman–Crippen MR) is 64.5 cm³/mol. The van der Waals surface area contributed by atoms with E-state index in [1.54, 1.807) is 6.92 Å². The molecule has 0 aromatic heterocycles. The van der Waals surface area contributed by atoms with Crippen LogP contribution in [0.2, 0.25) is 0 Å². The molecule has 0 fully saturated rings. The van der Waals surface area contributed by atoms with E-state index >= 15 is 0 Å². The molecule has 0 radical (unpaired) electrons. The third kappa shape index (κ3) is 8.94. The summed E-state index contributed by atoms with van der Waals surface area (Å²) in [6.45, 7) is 1.65. The first kappa shape index (κ1) is 16.9. The summed E-state index contributed by atoms with van der Waals surface area (Å²) in [4.78, 5) is 21.1. The Kier molecular flexibility index (Phi) is 7.53. The van der Waals surface area contributed by atoms with Crippen molar-refractivity contribution in [2.24, 2.45) is 0 Å². The number of rotatable bonds is 9. The Labute approximate surface area is 107 Å². The number of aliphatic carboxylic acids is 1. The molecule has 0 heterocycles. The molecule has 106 valence electrons. The zero-order chi connectivity index (χ0) is 14.2. The Morgan fingerprint density at radius 2 is 1.94 bits per heavy atom. The Morgan fingerprint density at radius 3 is 2.44 bits per heavy atom. The van der Waals surface area contributed by atoms with Gasteiger partial charge in [-0.1, -0.05) is 0 Å². The molecule has 0 aliphatic heterocycles. The van der Waals surface area contributed by atoms with Crippen LogP contribution in [0.1, 0.15) is 32.6 Å². The van der Waals surface area contributed by atoms with Gasteiger partial charge in [-0.2, -0.15) is 0 Å². The van der Waals surface area contributed by atoms with Crippen LogP contribution in [0, 0.1) is 0 Å². The van der Waals surface area contributed by atoms with Crippen molar-refractivity contribution in [2.45, 2.75) is 38.6 Å². The average Bonchev–Trinajstić information content (AvgIpc) is 2.24. The molecule has 7 nitrogen and oxygen atoms in total. The van der Waals surface area contributed by atoms with Crippen LogP contribution in [0.25, 0.3) is 0 Å². The quantitative estimate of drug-likeness (QED) is 0.581. The van der Waals surface area contributed by atoms with Crippen molar-refractivity contribution in [1.29, 1.82) is 0 Å². The van der Waals surface area contributed by atoms with Crippen LogP contribution >= 0.6 is 0 Å².